The fourth-order valence-electron chi connectivity index (χ4n) is 1.34. The van der Waals surface area contributed by atoms with Crippen LogP contribution in [-0.2, 0) is 6.18 Å². The summed E-state index contributed by atoms with van der Waals surface area (Å²) >= 11 is 0. The molecule has 94 valence electrons. The quantitative estimate of drug-likeness (QED) is 0.857. The van der Waals surface area contributed by atoms with Gasteiger partial charge in [-0.05, 0) is 19.8 Å². The average Bonchev–Trinajstić information content (AvgIpc) is 3.00. The van der Waals surface area contributed by atoms with E-state index in [-0.39, 0.29) is 17.8 Å². The van der Waals surface area contributed by atoms with E-state index in [0.29, 0.717) is 6.54 Å². The van der Waals surface area contributed by atoms with Gasteiger partial charge in [-0.2, -0.15) is 18.2 Å². The van der Waals surface area contributed by atoms with Gasteiger partial charge in [-0.15, -0.1) is 0 Å². The third-order valence-electron chi connectivity index (χ3n) is 2.28. The van der Waals surface area contributed by atoms with Crippen molar-refractivity contribution in [1.29, 1.82) is 0 Å². The Morgan fingerprint density at radius 1 is 1.35 bits per heavy atom. The number of hydrogen-bond acceptors (Lipinski definition) is 4. The van der Waals surface area contributed by atoms with Gasteiger partial charge in [0, 0.05) is 18.7 Å². The lowest BCUT2D eigenvalue weighted by atomic mass is 10.3. The molecule has 1 heterocycles. The first kappa shape index (κ1) is 11.9. The van der Waals surface area contributed by atoms with Gasteiger partial charge < -0.3 is 10.6 Å². The molecule has 1 aliphatic rings. The Hall–Kier alpha value is -1.53. The highest BCUT2D eigenvalue weighted by Gasteiger charge is 2.34. The van der Waals surface area contributed by atoms with Gasteiger partial charge in [0.2, 0.25) is 5.95 Å². The number of anilines is 2. The van der Waals surface area contributed by atoms with Gasteiger partial charge in [0.15, 0.2) is 5.69 Å². The second-order valence-corrected chi connectivity index (χ2v) is 3.91. The van der Waals surface area contributed by atoms with E-state index in [4.69, 9.17) is 0 Å². The zero-order chi connectivity index (χ0) is 12.5. The van der Waals surface area contributed by atoms with E-state index < -0.39 is 11.9 Å². The predicted molar refractivity (Wildman–Crippen MR) is 57.8 cm³/mol. The van der Waals surface area contributed by atoms with Crippen LogP contribution in [0.25, 0.3) is 0 Å². The van der Waals surface area contributed by atoms with Gasteiger partial charge in [-0.25, -0.2) is 4.98 Å². The van der Waals surface area contributed by atoms with Gasteiger partial charge in [-0.3, -0.25) is 0 Å². The number of rotatable bonds is 4. The van der Waals surface area contributed by atoms with Crippen LogP contribution in [0, 0.1) is 0 Å². The third-order valence-corrected chi connectivity index (χ3v) is 2.28. The Labute approximate surface area is 96.7 Å². The smallest absolute Gasteiger partial charge is 0.367 e. The van der Waals surface area contributed by atoms with Crippen LogP contribution in [0.2, 0.25) is 0 Å². The molecule has 2 N–H and O–H groups in total. The molecule has 0 bridgehead atoms. The molecule has 2 rings (SSSR count). The fourth-order valence-corrected chi connectivity index (χ4v) is 1.34. The highest BCUT2D eigenvalue weighted by Crippen LogP contribution is 2.31. The Balaban J connectivity index is 2.27. The van der Waals surface area contributed by atoms with Crippen molar-refractivity contribution in [3.8, 4) is 0 Å². The molecule has 0 atom stereocenters. The second-order valence-electron chi connectivity index (χ2n) is 3.91. The summed E-state index contributed by atoms with van der Waals surface area (Å²) in [6.07, 6.45) is -2.50. The SMILES string of the molecule is CCNc1nc(NC2CC2)cc(C(F)(F)F)n1. The van der Waals surface area contributed by atoms with Crippen LogP contribution in [0.5, 0.6) is 0 Å². The molecular formula is C10H13F3N4. The predicted octanol–water partition coefficient (Wildman–Crippen LogP) is 2.50. The zero-order valence-corrected chi connectivity index (χ0v) is 9.30. The van der Waals surface area contributed by atoms with Crippen LogP contribution < -0.4 is 10.6 Å². The maximum absolute atomic E-state index is 12.6. The summed E-state index contributed by atoms with van der Waals surface area (Å²) in [5.41, 5.74) is -0.924. The number of halogens is 3. The molecule has 1 aromatic rings. The summed E-state index contributed by atoms with van der Waals surface area (Å²) in [6.45, 7) is 2.25. The van der Waals surface area contributed by atoms with Crippen LogP contribution in [0.3, 0.4) is 0 Å². The maximum atomic E-state index is 12.6. The number of aromatic nitrogens is 2. The molecule has 17 heavy (non-hydrogen) atoms. The van der Waals surface area contributed by atoms with Crippen LogP contribution in [0.15, 0.2) is 6.07 Å². The lowest BCUT2D eigenvalue weighted by Crippen LogP contribution is -2.14. The summed E-state index contributed by atoms with van der Waals surface area (Å²) in [4.78, 5) is 7.42. The number of alkyl halides is 3. The van der Waals surface area contributed by atoms with Crippen molar-refractivity contribution in [1.82, 2.24) is 9.97 Å². The monoisotopic (exact) mass is 246 g/mol. The first-order chi connectivity index (χ1) is 7.99. The first-order valence-corrected chi connectivity index (χ1v) is 5.45. The summed E-state index contributed by atoms with van der Waals surface area (Å²) < 4.78 is 37.8. The van der Waals surface area contributed by atoms with E-state index in [1.165, 1.54) is 0 Å². The van der Waals surface area contributed by atoms with Crippen molar-refractivity contribution in [2.75, 3.05) is 17.2 Å². The van der Waals surface area contributed by atoms with E-state index in [1.807, 2.05) is 0 Å². The van der Waals surface area contributed by atoms with E-state index in [1.54, 1.807) is 6.92 Å². The van der Waals surface area contributed by atoms with Gasteiger partial charge in [0.1, 0.15) is 5.82 Å². The Morgan fingerprint density at radius 2 is 2.06 bits per heavy atom. The molecular weight excluding hydrogens is 233 g/mol. The second kappa shape index (κ2) is 4.38. The summed E-state index contributed by atoms with van der Waals surface area (Å²) in [5.74, 6) is 0.233. The molecule has 0 aliphatic heterocycles. The molecule has 0 amide bonds. The van der Waals surface area contributed by atoms with Crippen molar-refractivity contribution in [2.24, 2.45) is 0 Å². The van der Waals surface area contributed by atoms with Crippen molar-refractivity contribution in [3.63, 3.8) is 0 Å². The van der Waals surface area contributed by atoms with Crippen molar-refractivity contribution in [3.05, 3.63) is 11.8 Å². The number of nitrogens with zero attached hydrogens (tertiary/aromatic N) is 2. The van der Waals surface area contributed by atoms with Crippen LogP contribution >= 0.6 is 0 Å². The van der Waals surface area contributed by atoms with E-state index in [9.17, 15) is 13.2 Å². The summed E-state index contributed by atoms with van der Waals surface area (Å²) in [6, 6.07) is 1.19. The molecule has 4 nitrogen and oxygen atoms in total. The molecule has 1 fully saturated rings. The van der Waals surface area contributed by atoms with Crippen molar-refractivity contribution >= 4 is 11.8 Å². The molecule has 7 heteroatoms. The Morgan fingerprint density at radius 3 is 2.59 bits per heavy atom. The lowest BCUT2D eigenvalue weighted by Gasteiger charge is -2.11. The van der Waals surface area contributed by atoms with Gasteiger partial charge in [0.25, 0.3) is 0 Å². The fraction of sp³-hybridized carbons (Fsp3) is 0.600. The van der Waals surface area contributed by atoms with Gasteiger partial charge in [-0.1, -0.05) is 0 Å². The van der Waals surface area contributed by atoms with Gasteiger partial charge >= 0.3 is 6.18 Å². The molecule has 1 aromatic heterocycles. The topological polar surface area (TPSA) is 49.8 Å². The molecule has 0 saturated heterocycles. The first-order valence-electron chi connectivity index (χ1n) is 5.45. The summed E-state index contributed by atoms with van der Waals surface area (Å²) in [7, 11) is 0. The van der Waals surface area contributed by atoms with Crippen LogP contribution in [0.1, 0.15) is 25.5 Å². The highest BCUT2D eigenvalue weighted by atomic mass is 19.4. The van der Waals surface area contributed by atoms with Crippen molar-refractivity contribution < 1.29 is 13.2 Å². The lowest BCUT2D eigenvalue weighted by molar-refractivity contribution is -0.141. The van der Waals surface area contributed by atoms with Crippen LogP contribution in [0.4, 0.5) is 24.9 Å². The number of nitrogens with one attached hydrogen (secondary N) is 2. The van der Waals surface area contributed by atoms with E-state index >= 15 is 0 Å². The van der Waals surface area contributed by atoms with E-state index in [2.05, 4.69) is 20.6 Å². The average molecular weight is 246 g/mol. The molecule has 0 radical (unpaired) electrons. The summed E-state index contributed by atoms with van der Waals surface area (Å²) in [5, 5.41) is 5.63. The third kappa shape index (κ3) is 3.21. The van der Waals surface area contributed by atoms with Crippen LogP contribution in [-0.4, -0.2) is 22.6 Å². The van der Waals surface area contributed by atoms with Gasteiger partial charge in [0.05, 0.1) is 0 Å². The normalized spacial score (nSPS) is 15.8. The minimum Gasteiger partial charge on any atom is -0.367 e. The highest BCUT2D eigenvalue weighted by molar-refractivity contribution is 5.44. The molecule has 0 spiro atoms. The zero-order valence-electron chi connectivity index (χ0n) is 9.30. The minimum atomic E-state index is -4.45. The molecule has 0 aromatic carbocycles. The standard InChI is InChI=1S/C10H13F3N4/c1-2-14-9-16-7(10(11,12)13)5-8(17-9)15-6-3-4-6/h5-6H,2-4H2,1H3,(H2,14,15,16,17). The maximum Gasteiger partial charge on any atom is 0.433 e. The van der Waals surface area contributed by atoms with E-state index in [0.717, 1.165) is 18.9 Å². The molecule has 1 saturated carbocycles. The largest absolute Gasteiger partial charge is 0.433 e. The minimum absolute atomic E-state index is 0.00507. The van der Waals surface area contributed by atoms with Crippen molar-refractivity contribution in [2.45, 2.75) is 32.0 Å². The number of hydrogen-bond donors (Lipinski definition) is 2. The Bertz CT molecular complexity index is 401. The molecule has 0 unspecified atom stereocenters. The molecule has 1 aliphatic carbocycles. The Kier molecular flexibility index (Phi) is 3.08.